The highest BCUT2D eigenvalue weighted by Crippen LogP contribution is 2.48. The summed E-state index contributed by atoms with van der Waals surface area (Å²) in [5.74, 6) is -1.61. The van der Waals surface area contributed by atoms with Crippen LogP contribution in [0.3, 0.4) is 0 Å². The minimum atomic E-state index is -4.84. The zero-order valence-electron chi connectivity index (χ0n) is 15.1. The van der Waals surface area contributed by atoms with Crippen LogP contribution in [-0.2, 0) is 11.0 Å². The number of Topliss-reactive ketones (excluding diaryl/α,β-unsaturated/α-hetero) is 1. The second-order valence-corrected chi connectivity index (χ2v) is 8.15. The van der Waals surface area contributed by atoms with Crippen molar-refractivity contribution >= 4 is 5.78 Å². The molecule has 0 aromatic heterocycles. The van der Waals surface area contributed by atoms with E-state index in [-0.39, 0.29) is 18.0 Å². The molecule has 148 valence electrons. The molecule has 0 bridgehead atoms. The van der Waals surface area contributed by atoms with Gasteiger partial charge in [0.15, 0.2) is 5.78 Å². The lowest BCUT2D eigenvalue weighted by atomic mass is 9.65. The number of nitrogens with two attached hydrogens (primary N) is 1. The zero-order chi connectivity index (χ0) is 20.2. The van der Waals surface area contributed by atoms with Crippen LogP contribution in [-0.4, -0.2) is 28.9 Å². The summed E-state index contributed by atoms with van der Waals surface area (Å²) in [5.41, 5.74) is 3.09. The number of halogens is 4. The molecule has 3 rings (SSSR count). The summed E-state index contributed by atoms with van der Waals surface area (Å²) in [4.78, 5) is 13.7. The summed E-state index contributed by atoms with van der Waals surface area (Å²) >= 11 is 0. The molecule has 0 radical (unpaired) electrons. The fourth-order valence-electron chi connectivity index (χ4n) is 4.36. The van der Waals surface area contributed by atoms with Gasteiger partial charge >= 0.3 is 6.18 Å². The fraction of sp³-hybridized carbons (Fsp3) is 0.526. The summed E-state index contributed by atoms with van der Waals surface area (Å²) in [6.07, 6.45) is -3.58. The molecule has 1 aliphatic heterocycles. The average Bonchev–Trinajstić information content (AvgIpc) is 2.94. The first-order chi connectivity index (χ1) is 12.4. The van der Waals surface area contributed by atoms with Crippen molar-refractivity contribution in [3.63, 3.8) is 0 Å². The first kappa shape index (κ1) is 19.8. The predicted octanol–water partition coefficient (Wildman–Crippen LogP) is 3.37. The molecule has 2 atom stereocenters. The van der Waals surface area contributed by atoms with Crippen molar-refractivity contribution < 1.29 is 27.5 Å². The van der Waals surface area contributed by atoms with Crippen LogP contribution in [0.5, 0.6) is 0 Å². The minimum absolute atomic E-state index is 0.143. The molecule has 1 aromatic carbocycles. The third-order valence-electron chi connectivity index (χ3n) is 5.51. The number of ketones is 1. The molecule has 1 unspecified atom stereocenters. The highest BCUT2D eigenvalue weighted by molar-refractivity contribution is 5.99. The first-order valence-electron chi connectivity index (χ1n) is 8.67. The van der Waals surface area contributed by atoms with Crippen LogP contribution in [0.25, 0.3) is 0 Å². The third kappa shape index (κ3) is 3.48. The summed E-state index contributed by atoms with van der Waals surface area (Å²) in [7, 11) is 0. The van der Waals surface area contributed by atoms with E-state index in [1.807, 2.05) is 0 Å². The second-order valence-electron chi connectivity index (χ2n) is 8.15. The highest BCUT2D eigenvalue weighted by atomic mass is 19.4. The van der Waals surface area contributed by atoms with E-state index in [1.54, 1.807) is 19.9 Å². The Balaban J connectivity index is 1.87. The molecule has 1 aliphatic carbocycles. The summed E-state index contributed by atoms with van der Waals surface area (Å²) in [5, 5.41) is 10.6. The van der Waals surface area contributed by atoms with Crippen LogP contribution < -0.4 is 5.73 Å². The number of allylic oxidation sites excluding steroid dienone is 1. The van der Waals surface area contributed by atoms with E-state index < -0.39 is 40.2 Å². The maximum Gasteiger partial charge on any atom is 0.419 e. The van der Waals surface area contributed by atoms with Crippen LogP contribution in [0.1, 0.15) is 44.0 Å². The maximum atomic E-state index is 14.4. The van der Waals surface area contributed by atoms with Gasteiger partial charge in [-0.05, 0) is 18.9 Å². The molecular weight excluding hydrogens is 364 g/mol. The first-order valence-corrected chi connectivity index (χ1v) is 8.67. The Morgan fingerprint density at radius 3 is 2.56 bits per heavy atom. The van der Waals surface area contributed by atoms with E-state index in [1.165, 1.54) is 4.90 Å². The number of aliphatic hydroxyl groups excluding tert-OH is 1. The van der Waals surface area contributed by atoms with Crippen molar-refractivity contribution in [3.8, 4) is 0 Å². The zero-order valence-corrected chi connectivity index (χ0v) is 15.1. The highest BCUT2D eigenvalue weighted by Gasteiger charge is 2.48. The van der Waals surface area contributed by atoms with Crippen LogP contribution in [0, 0.1) is 16.6 Å². The smallest absolute Gasteiger partial charge is 0.396 e. The quantitative estimate of drug-likeness (QED) is 0.765. The standard InChI is InChI=1S/C19H22F4N2O2/c1-17(2)9-18(8-13(24)15(17)26)6-7-25(10-18)16(27)11-4-3-5-12(14(11)20)19(21,22)23/h3-5,8,16,27H,6-7,9-10,24H2,1-2H3/t16?,18-/m0/s1. The van der Waals surface area contributed by atoms with Gasteiger partial charge in [-0.15, -0.1) is 0 Å². The number of hydrogen-bond acceptors (Lipinski definition) is 4. The number of rotatable bonds is 2. The molecular formula is C19H22F4N2O2. The van der Waals surface area contributed by atoms with Gasteiger partial charge in [-0.2, -0.15) is 13.2 Å². The third-order valence-corrected chi connectivity index (χ3v) is 5.51. The van der Waals surface area contributed by atoms with E-state index in [0.717, 1.165) is 12.1 Å². The van der Waals surface area contributed by atoms with E-state index in [0.29, 0.717) is 25.5 Å². The molecule has 1 saturated heterocycles. The Morgan fingerprint density at radius 1 is 1.30 bits per heavy atom. The number of carbonyl (C=O) groups is 1. The SMILES string of the molecule is CC1(C)C[C@@]2(C=C(N)C1=O)CCN(C(O)c1cccc(C(F)(F)F)c1F)C2. The monoisotopic (exact) mass is 386 g/mol. The van der Waals surface area contributed by atoms with Crippen LogP contribution in [0.4, 0.5) is 17.6 Å². The summed E-state index contributed by atoms with van der Waals surface area (Å²) in [6.45, 7) is 4.22. The van der Waals surface area contributed by atoms with Gasteiger partial charge in [-0.1, -0.05) is 32.1 Å². The normalized spacial score (nSPS) is 27.1. The number of likely N-dealkylation sites (tertiary alicyclic amines) is 1. The number of hydrogen-bond donors (Lipinski definition) is 2. The molecule has 3 N–H and O–H groups in total. The minimum Gasteiger partial charge on any atom is -0.396 e. The molecule has 4 nitrogen and oxygen atoms in total. The van der Waals surface area contributed by atoms with Gasteiger partial charge in [0.2, 0.25) is 0 Å². The Hall–Kier alpha value is -1.93. The van der Waals surface area contributed by atoms with Gasteiger partial charge in [-0.25, -0.2) is 4.39 Å². The lowest BCUT2D eigenvalue weighted by molar-refractivity contribution is -0.140. The lowest BCUT2D eigenvalue weighted by Gasteiger charge is -2.39. The van der Waals surface area contributed by atoms with Crippen LogP contribution in [0.15, 0.2) is 30.0 Å². The topological polar surface area (TPSA) is 66.6 Å². The largest absolute Gasteiger partial charge is 0.419 e. The van der Waals surface area contributed by atoms with Crippen LogP contribution in [0.2, 0.25) is 0 Å². The number of aliphatic hydroxyl groups is 1. The Kier molecular flexibility index (Phi) is 4.63. The maximum absolute atomic E-state index is 14.4. The van der Waals surface area contributed by atoms with E-state index >= 15 is 0 Å². The van der Waals surface area contributed by atoms with E-state index in [2.05, 4.69) is 0 Å². The molecule has 8 heteroatoms. The molecule has 1 aromatic rings. The number of alkyl halides is 3. The number of carbonyl (C=O) groups excluding carboxylic acids is 1. The Morgan fingerprint density at radius 2 is 1.96 bits per heavy atom. The van der Waals surface area contributed by atoms with Crippen molar-refractivity contribution in [2.24, 2.45) is 16.6 Å². The van der Waals surface area contributed by atoms with Gasteiger partial charge < -0.3 is 10.8 Å². The summed E-state index contributed by atoms with van der Waals surface area (Å²) < 4.78 is 53.2. The number of benzene rings is 1. The Labute approximate surface area is 154 Å². The number of nitrogens with zero attached hydrogens (tertiary/aromatic N) is 1. The molecule has 0 amide bonds. The molecule has 1 fully saturated rings. The van der Waals surface area contributed by atoms with Crippen LogP contribution >= 0.6 is 0 Å². The van der Waals surface area contributed by atoms with Crippen molar-refractivity contribution in [3.05, 3.63) is 46.9 Å². The fourth-order valence-corrected chi connectivity index (χ4v) is 4.36. The molecule has 27 heavy (non-hydrogen) atoms. The van der Waals surface area contributed by atoms with Gasteiger partial charge in [0.25, 0.3) is 0 Å². The summed E-state index contributed by atoms with van der Waals surface area (Å²) in [6, 6.07) is 2.88. The molecule has 1 spiro atoms. The Bertz CT molecular complexity index is 803. The van der Waals surface area contributed by atoms with Gasteiger partial charge in [0.1, 0.15) is 12.0 Å². The van der Waals surface area contributed by atoms with Crippen molar-refractivity contribution in [1.82, 2.24) is 4.90 Å². The van der Waals surface area contributed by atoms with Gasteiger partial charge in [-0.3, -0.25) is 9.69 Å². The van der Waals surface area contributed by atoms with Crippen molar-refractivity contribution in [2.75, 3.05) is 13.1 Å². The van der Waals surface area contributed by atoms with E-state index in [9.17, 15) is 27.5 Å². The predicted molar refractivity (Wildman–Crippen MR) is 90.7 cm³/mol. The van der Waals surface area contributed by atoms with Crippen molar-refractivity contribution in [1.29, 1.82) is 0 Å². The van der Waals surface area contributed by atoms with Gasteiger partial charge in [0, 0.05) is 29.5 Å². The van der Waals surface area contributed by atoms with E-state index in [4.69, 9.17) is 5.73 Å². The molecule has 2 aliphatic rings. The van der Waals surface area contributed by atoms with Gasteiger partial charge in [0.05, 0.1) is 11.3 Å². The van der Waals surface area contributed by atoms with Crippen molar-refractivity contribution in [2.45, 2.75) is 39.1 Å². The molecule has 0 saturated carbocycles. The lowest BCUT2D eigenvalue weighted by Crippen LogP contribution is -2.42. The molecule has 1 heterocycles. The second kappa shape index (κ2) is 6.31. The average molecular weight is 386 g/mol.